The molecule has 0 spiro atoms. The lowest BCUT2D eigenvalue weighted by Crippen LogP contribution is -1.99. The third kappa shape index (κ3) is 2.88. The van der Waals surface area contributed by atoms with Crippen molar-refractivity contribution >= 4 is 17.0 Å². The maximum Gasteiger partial charge on any atom is 0.307 e. The Morgan fingerprint density at radius 2 is 1.81 bits per heavy atom. The molecular weight excluding hydrogens is 330 g/mol. The van der Waals surface area contributed by atoms with Crippen LogP contribution in [-0.2, 0) is 11.2 Å². The first-order valence-electron chi connectivity index (χ1n) is 8.05. The average Bonchev–Trinajstić information content (AvgIpc) is 3.06. The van der Waals surface area contributed by atoms with Crippen LogP contribution in [0.2, 0.25) is 0 Å². The number of aromatic amines is 1. The number of benzene rings is 2. The molecule has 0 amide bonds. The predicted octanol–water partition coefficient (Wildman–Crippen LogP) is 3.62. The van der Waals surface area contributed by atoms with Gasteiger partial charge in [0.1, 0.15) is 17.1 Å². The standard InChI is InChI=1S/C20H15N3O3/c24-18(25)10-12-4-6-13(7-5-12)14-2-1-3-15(19(14)26)20-22-16-8-9-21-11-17(16)23-20/h1-9,11,26H,10H2,(H,22,23)(H,24,25). The molecule has 6 nitrogen and oxygen atoms in total. The van der Waals surface area contributed by atoms with Gasteiger partial charge in [-0.25, -0.2) is 4.98 Å². The van der Waals surface area contributed by atoms with E-state index in [-0.39, 0.29) is 12.2 Å². The third-order valence-corrected chi connectivity index (χ3v) is 4.20. The zero-order valence-electron chi connectivity index (χ0n) is 13.7. The molecule has 0 radical (unpaired) electrons. The number of phenols is 1. The molecule has 0 saturated heterocycles. The van der Waals surface area contributed by atoms with Gasteiger partial charge in [0, 0.05) is 11.8 Å². The number of H-pyrrole nitrogens is 1. The van der Waals surface area contributed by atoms with Gasteiger partial charge in [-0.05, 0) is 23.3 Å². The number of aromatic nitrogens is 3. The quantitative estimate of drug-likeness (QED) is 0.524. The molecule has 0 aliphatic carbocycles. The maximum absolute atomic E-state index is 10.8. The molecule has 0 aliphatic heterocycles. The van der Waals surface area contributed by atoms with Gasteiger partial charge >= 0.3 is 5.97 Å². The Morgan fingerprint density at radius 3 is 2.54 bits per heavy atom. The number of aromatic hydroxyl groups is 1. The first-order chi connectivity index (χ1) is 12.6. The van der Waals surface area contributed by atoms with Crippen LogP contribution < -0.4 is 0 Å². The Bertz CT molecular complexity index is 1070. The van der Waals surface area contributed by atoms with E-state index in [0.717, 1.165) is 16.6 Å². The molecule has 4 aromatic rings. The number of rotatable bonds is 4. The number of carboxylic acids is 1. The molecule has 4 rings (SSSR count). The van der Waals surface area contributed by atoms with Crippen molar-refractivity contribution in [2.75, 3.05) is 0 Å². The summed E-state index contributed by atoms with van der Waals surface area (Å²) in [6, 6.07) is 14.4. The lowest BCUT2D eigenvalue weighted by atomic mass is 9.99. The molecule has 3 N–H and O–H groups in total. The highest BCUT2D eigenvalue weighted by Gasteiger charge is 2.14. The smallest absolute Gasteiger partial charge is 0.307 e. The summed E-state index contributed by atoms with van der Waals surface area (Å²) in [6.07, 6.45) is 3.32. The van der Waals surface area contributed by atoms with Gasteiger partial charge in [0.25, 0.3) is 0 Å². The first kappa shape index (κ1) is 15.8. The van der Waals surface area contributed by atoms with Crippen LogP contribution in [0.1, 0.15) is 5.56 Å². The Morgan fingerprint density at radius 1 is 1.04 bits per heavy atom. The van der Waals surface area contributed by atoms with Gasteiger partial charge in [0.05, 0.1) is 23.7 Å². The molecular formula is C20H15N3O3. The number of imidazole rings is 1. The molecule has 2 aromatic heterocycles. The topological polar surface area (TPSA) is 99.1 Å². The molecule has 0 bridgehead atoms. The van der Waals surface area contributed by atoms with E-state index in [1.165, 1.54) is 0 Å². The second-order valence-corrected chi connectivity index (χ2v) is 5.95. The molecule has 128 valence electrons. The van der Waals surface area contributed by atoms with Crippen molar-refractivity contribution in [2.45, 2.75) is 6.42 Å². The number of phenolic OH excluding ortho intramolecular Hbond substituents is 1. The molecule has 0 unspecified atom stereocenters. The first-order valence-corrected chi connectivity index (χ1v) is 8.05. The molecule has 26 heavy (non-hydrogen) atoms. The van der Waals surface area contributed by atoms with Gasteiger partial charge in [0.15, 0.2) is 0 Å². The normalized spacial score (nSPS) is 10.9. The SMILES string of the molecule is O=C(O)Cc1ccc(-c2cccc(-c3nc4cnccc4[nH]3)c2O)cc1. The number of hydrogen-bond acceptors (Lipinski definition) is 4. The minimum absolute atomic E-state index is 0.0285. The number of aliphatic carboxylic acids is 1. The second-order valence-electron chi connectivity index (χ2n) is 5.95. The van der Waals surface area contributed by atoms with Crippen LogP contribution >= 0.6 is 0 Å². The van der Waals surface area contributed by atoms with Crippen molar-refractivity contribution in [3.63, 3.8) is 0 Å². The van der Waals surface area contributed by atoms with Crippen molar-refractivity contribution in [3.05, 3.63) is 66.5 Å². The van der Waals surface area contributed by atoms with Crippen LogP contribution in [0, 0.1) is 0 Å². The second kappa shape index (κ2) is 6.33. The monoisotopic (exact) mass is 345 g/mol. The number of carbonyl (C=O) groups is 1. The highest BCUT2D eigenvalue weighted by Crippen LogP contribution is 2.37. The fourth-order valence-electron chi connectivity index (χ4n) is 2.93. The number of nitrogens with zero attached hydrogens (tertiary/aromatic N) is 2. The molecule has 2 heterocycles. The van der Waals surface area contributed by atoms with Crippen LogP contribution in [0.4, 0.5) is 0 Å². The Hall–Kier alpha value is -3.67. The van der Waals surface area contributed by atoms with Crippen molar-refractivity contribution in [1.82, 2.24) is 15.0 Å². The van der Waals surface area contributed by atoms with Gasteiger partial charge in [-0.1, -0.05) is 36.4 Å². The van der Waals surface area contributed by atoms with Crippen LogP contribution in [0.15, 0.2) is 60.9 Å². The van der Waals surface area contributed by atoms with E-state index in [2.05, 4.69) is 15.0 Å². The Labute approximate surface area is 148 Å². The Kier molecular flexibility index (Phi) is 3.85. The molecule has 0 fully saturated rings. The van der Waals surface area contributed by atoms with E-state index in [4.69, 9.17) is 5.11 Å². The van der Waals surface area contributed by atoms with Crippen molar-refractivity contribution < 1.29 is 15.0 Å². The van der Waals surface area contributed by atoms with E-state index in [1.807, 2.05) is 18.2 Å². The van der Waals surface area contributed by atoms with Gasteiger partial charge < -0.3 is 15.2 Å². The fraction of sp³-hybridized carbons (Fsp3) is 0.0500. The zero-order chi connectivity index (χ0) is 18.1. The number of hydrogen-bond donors (Lipinski definition) is 3. The van der Waals surface area contributed by atoms with E-state index in [0.29, 0.717) is 22.5 Å². The van der Waals surface area contributed by atoms with Gasteiger partial charge in [0.2, 0.25) is 0 Å². The summed E-state index contributed by atoms with van der Waals surface area (Å²) in [5, 5.41) is 19.6. The van der Waals surface area contributed by atoms with Crippen LogP contribution in [0.3, 0.4) is 0 Å². The van der Waals surface area contributed by atoms with E-state index >= 15 is 0 Å². The third-order valence-electron chi connectivity index (χ3n) is 4.20. The van der Waals surface area contributed by atoms with Crippen LogP contribution in [-0.4, -0.2) is 31.1 Å². The molecule has 0 atom stereocenters. The van der Waals surface area contributed by atoms with Gasteiger partial charge in [-0.3, -0.25) is 9.78 Å². The number of nitrogens with one attached hydrogen (secondary N) is 1. The summed E-state index contributed by atoms with van der Waals surface area (Å²) < 4.78 is 0. The number of carboxylic acid groups (broad SMARTS) is 1. The Balaban J connectivity index is 1.75. The average molecular weight is 345 g/mol. The lowest BCUT2D eigenvalue weighted by Gasteiger charge is -2.09. The van der Waals surface area contributed by atoms with E-state index < -0.39 is 5.97 Å². The fourth-order valence-corrected chi connectivity index (χ4v) is 2.93. The number of para-hydroxylation sites is 1. The van der Waals surface area contributed by atoms with Crippen molar-refractivity contribution in [2.24, 2.45) is 0 Å². The van der Waals surface area contributed by atoms with Crippen molar-refractivity contribution in [1.29, 1.82) is 0 Å². The summed E-state index contributed by atoms with van der Waals surface area (Å²) in [4.78, 5) is 22.5. The number of pyridine rings is 1. The minimum atomic E-state index is -0.873. The molecule has 2 aromatic carbocycles. The maximum atomic E-state index is 10.8. The van der Waals surface area contributed by atoms with Crippen LogP contribution in [0.5, 0.6) is 5.75 Å². The van der Waals surface area contributed by atoms with Crippen LogP contribution in [0.25, 0.3) is 33.5 Å². The van der Waals surface area contributed by atoms with Crippen molar-refractivity contribution in [3.8, 4) is 28.3 Å². The summed E-state index contributed by atoms with van der Waals surface area (Å²) in [7, 11) is 0. The zero-order valence-corrected chi connectivity index (χ0v) is 13.7. The summed E-state index contributed by atoms with van der Waals surface area (Å²) >= 11 is 0. The summed E-state index contributed by atoms with van der Waals surface area (Å²) in [6.45, 7) is 0. The number of fused-ring (bicyclic) bond motifs is 1. The van der Waals surface area contributed by atoms with Gasteiger partial charge in [-0.15, -0.1) is 0 Å². The molecule has 0 aliphatic rings. The van der Waals surface area contributed by atoms with Gasteiger partial charge in [-0.2, -0.15) is 0 Å². The molecule has 0 saturated carbocycles. The highest BCUT2D eigenvalue weighted by molar-refractivity contribution is 5.84. The highest BCUT2D eigenvalue weighted by atomic mass is 16.4. The lowest BCUT2D eigenvalue weighted by molar-refractivity contribution is -0.136. The van der Waals surface area contributed by atoms with E-state index in [1.54, 1.807) is 42.7 Å². The van der Waals surface area contributed by atoms with E-state index in [9.17, 15) is 9.90 Å². The largest absolute Gasteiger partial charge is 0.507 e. The predicted molar refractivity (Wildman–Crippen MR) is 97.8 cm³/mol. The summed E-state index contributed by atoms with van der Waals surface area (Å²) in [5.74, 6) is -0.192. The minimum Gasteiger partial charge on any atom is -0.507 e. The molecule has 6 heteroatoms. The summed E-state index contributed by atoms with van der Waals surface area (Å²) in [5.41, 5.74) is 4.33.